The molecule has 0 aliphatic heterocycles. The van der Waals surface area contributed by atoms with Crippen LogP contribution in [0.4, 0.5) is 11.4 Å². The molecule has 1 aromatic carbocycles. The molecule has 3 N–H and O–H groups in total. The van der Waals surface area contributed by atoms with Gasteiger partial charge in [-0.05, 0) is 37.5 Å². The Balaban J connectivity index is 2.07. The summed E-state index contributed by atoms with van der Waals surface area (Å²) in [6.07, 6.45) is 6.79. The fourth-order valence-corrected chi connectivity index (χ4v) is 2.78. The van der Waals surface area contributed by atoms with Crippen LogP contribution in [0.3, 0.4) is 0 Å². The minimum absolute atomic E-state index is 0.117. The van der Waals surface area contributed by atoms with Gasteiger partial charge < -0.3 is 11.1 Å². The van der Waals surface area contributed by atoms with Gasteiger partial charge in [0.2, 0.25) is 5.91 Å². The topological polar surface area (TPSA) is 55.1 Å². The third-order valence-electron chi connectivity index (χ3n) is 3.83. The van der Waals surface area contributed by atoms with Crippen molar-refractivity contribution in [2.45, 2.75) is 45.4 Å². The number of nitrogens with two attached hydrogens (primary N) is 1. The molecule has 0 saturated heterocycles. The quantitative estimate of drug-likeness (QED) is 0.632. The minimum atomic E-state index is 0.117. The van der Waals surface area contributed by atoms with Crippen LogP contribution < -0.4 is 11.1 Å². The van der Waals surface area contributed by atoms with Crippen LogP contribution in [0.1, 0.15) is 44.1 Å². The lowest BCUT2D eigenvalue weighted by molar-refractivity contribution is -0.120. The summed E-state index contributed by atoms with van der Waals surface area (Å²) < 4.78 is 0. The van der Waals surface area contributed by atoms with E-state index in [2.05, 4.69) is 5.32 Å². The second kappa shape index (κ2) is 6.29. The summed E-state index contributed by atoms with van der Waals surface area (Å²) in [7, 11) is 0. The number of hydrogen-bond donors (Lipinski definition) is 2. The first-order chi connectivity index (χ1) is 9.08. The Hall–Kier alpha value is -1.22. The van der Waals surface area contributed by atoms with Gasteiger partial charge in [0.25, 0.3) is 0 Å². The van der Waals surface area contributed by atoms with Crippen LogP contribution in [0, 0.1) is 12.8 Å². The van der Waals surface area contributed by atoms with E-state index >= 15 is 0 Å². The van der Waals surface area contributed by atoms with Gasteiger partial charge in [-0.3, -0.25) is 4.79 Å². The Labute approximate surface area is 119 Å². The van der Waals surface area contributed by atoms with Gasteiger partial charge in [-0.1, -0.05) is 37.3 Å². The molecule has 1 aliphatic rings. The van der Waals surface area contributed by atoms with Crippen molar-refractivity contribution in [2.24, 2.45) is 5.92 Å². The number of carbonyl (C=O) groups excluding carboxylic acids is 1. The lowest BCUT2D eigenvalue weighted by atomic mass is 9.99. The van der Waals surface area contributed by atoms with Crippen molar-refractivity contribution in [1.82, 2.24) is 0 Å². The maximum atomic E-state index is 12.3. The number of anilines is 2. The number of amides is 1. The van der Waals surface area contributed by atoms with Crippen molar-refractivity contribution >= 4 is 28.9 Å². The maximum Gasteiger partial charge on any atom is 0.227 e. The molecule has 0 atom stereocenters. The lowest BCUT2D eigenvalue weighted by Crippen LogP contribution is -2.22. The zero-order valence-corrected chi connectivity index (χ0v) is 12.1. The van der Waals surface area contributed by atoms with Crippen LogP contribution >= 0.6 is 11.6 Å². The van der Waals surface area contributed by atoms with Crippen molar-refractivity contribution in [3.05, 3.63) is 22.7 Å². The normalized spacial score (nSPS) is 16.9. The number of nitrogen functional groups attached to an aromatic ring is 1. The SMILES string of the molecule is Cc1cc(N)c(Cl)cc1NC(=O)C1CCCCCC1. The average Bonchev–Trinajstić information content (AvgIpc) is 2.64. The molecule has 104 valence electrons. The van der Waals surface area contributed by atoms with Crippen molar-refractivity contribution < 1.29 is 4.79 Å². The Bertz CT molecular complexity index is 465. The molecular formula is C15H21ClN2O. The molecule has 4 heteroatoms. The zero-order valence-electron chi connectivity index (χ0n) is 11.3. The fraction of sp³-hybridized carbons (Fsp3) is 0.533. The zero-order chi connectivity index (χ0) is 13.8. The summed E-state index contributed by atoms with van der Waals surface area (Å²) in [6.45, 7) is 1.93. The average molecular weight is 281 g/mol. The Morgan fingerprint density at radius 1 is 1.26 bits per heavy atom. The van der Waals surface area contributed by atoms with Crippen LogP contribution in [0.25, 0.3) is 0 Å². The lowest BCUT2D eigenvalue weighted by Gasteiger charge is -2.16. The van der Waals surface area contributed by atoms with Gasteiger partial charge in [0, 0.05) is 11.6 Å². The number of carbonyl (C=O) groups is 1. The van der Waals surface area contributed by atoms with Gasteiger partial charge in [0.1, 0.15) is 0 Å². The summed E-state index contributed by atoms with van der Waals surface area (Å²) >= 11 is 6.00. The molecule has 1 saturated carbocycles. The van der Waals surface area contributed by atoms with E-state index in [9.17, 15) is 4.79 Å². The van der Waals surface area contributed by atoms with Gasteiger partial charge >= 0.3 is 0 Å². The number of hydrogen-bond acceptors (Lipinski definition) is 2. The highest BCUT2D eigenvalue weighted by Gasteiger charge is 2.20. The predicted molar refractivity (Wildman–Crippen MR) is 80.4 cm³/mol. The molecule has 1 fully saturated rings. The molecule has 19 heavy (non-hydrogen) atoms. The molecule has 0 aromatic heterocycles. The first-order valence-electron chi connectivity index (χ1n) is 6.94. The third kappa shape index (κ3) is 3.63. The number of rotatable bonds is 2. The number of benzene rings is 1. The molecule has 0 heterocycles. The smallest absolute Gasteiger partial charge is 0.227 e. The van der Waals surface area contributed by atoms with Crippen molar-refractivity contribution in [3.8, 4) is 0 Å². The van der Waals surface area contributed by atoms with Crippen LogP contribution in [0.2, 0.25) is 5.02 Å². The van der Waals surface area contributed by atoms with Gasteiger partial charge in [0.05, 0.1) is 10.7 Å². The van der Waals surface area contributed by atoms with Crippen LogP contribution in [-0.2, 0) is 4.79 Å². The predicted octanol–water partition coefficient (Wildman–Crippen LogP) is 4.14. The molecule has 0 bridgehead atoms. The monoisotopic (exact) mass is 280 g/mol. The standard InChI is InChI=1S/C15H21ClN2O/c1-10-8-13(17)12(16)9-14(10)18-15(19)11-6-4-2-3-5-7-11/h8-9,11H,2-7,17H2,1H3,(H,18,19). The molecule has 1 aromatic rings. The molecule has 1 aliphatic carbocycles. The number of halogens is 1. The minimum Gasteiger partial charge on any atom is -0.398 e. The van der Waals surface area contributed by atoms with Crippen molar-refractivity contribution in [1.29, 1.82) is 0 Å². The van der Waals surface area contributed by atoms with Gasteiger partial charge in [-0.15, -0.1) is 0 Å². The molecule has 3 nitrogen and oxygen atoms in total. The van der Waals surface area contributed by atoms with Crippen molar-refractivity contribution in [3.63, 3.8) is 0 Å². The highest BCUT2D eigenvalue weighted by Crippen LogP contribution is 2.29. The summed E-state index contributed by atoms with van der Waals surface area (Å²) in [5.41, 5.74) is 8.01. The van der Waals surface area contributed by atoms with Crippen LogP contribution in [0.15, 0.2) is 12.1 Å². The van der Waals surface area contributed by atoms with E-state index < -0.39 is 0 Å². The van der Waals surface area contributed by atoms with E-state index in [0.717, 1.165) is 36.9 Å². The van der Waals surface area contributed by atoms with Crippen molar-refractivity contribution in [2.75, 3.05) is 11.1 Å². The highest BCUT2D eigenvalue weighted by atomic mass is 35.5. The summed E-state index contributed by atoms with van der Waals surface area (Å²) in [5.74, 6) is 0.254. The molecule has 2 rings (SSSR count). The molecule has 0 unspecified atom stereocenters. The van der Waals surface area contributed by atoms with Gasteiger partial charge in [-0.2, -0.15) is 0 Å². The van der Waals surface area contributed by atoms with Gasteiger partial charge in [-0.25, -0.2) is 0 Å². The summed E-state index contributed by atoms with van der Waals surface area (Å²) in [6, 6.07) is 3.53. The van der Waals surface area contributed by atoms with E-state index in [1.54, 1.807) is 12.1 Å². The first kappa shape index (κ1) is 14.2. The van der Waals surface area contributed by atoms with E-state index in [0.29, 0.717) is 10.7 Å². The van der Waals surface area contributed by atoms with Crippen LogP contribution in [0.5, 0.6) is 0 Å². The van der Waals surface area contributed by atoms with E-state index in [1.807, 2.05) is 6.92 Å². The summed E-state index contributed by atoms with van der Waals surface area (Å²) in [5, 5.41) is 3.48. The first-order valence-corrected chi connectivity index (χ1v) is 7.32. The van der Waals surface area contributed by atoms with E-state index in [4.69, 9.17) is 17.3 Å². The second-order valence-electron chi connectivity index (χ2n) is 5.37. The Kier molecular flexibility index (Phi) is 4.70. The molecule has 1 amide bonds. The summed E-state index contributed by atoms with van der Waals surface area (Å²) in [4.78, 5) is 12.3. The third-order valence-corrected chi connectivity index (χ3v) is 4.15. The Morgan fingerprint density at radius 2 is 1.89 bits per heavy atom. The molecule has 0 spiro atoms. The van der Waals surface area contributed by atoms with E-state index in [-0.39, 0.29) is 11.8 Å². The number of aryl methyl sites for hydroxylation is 1. The van der Waals surface area contributed by atoms with E-state index in [1.165, 1.54) is 12.8 Å². The molecule has 0 radical (unpaired) electrons. The maximum absolute atomic E-state index is 12.3. The highest BCUT2D eigenvalue weighted by molar-refractivity contribution is 6.33. The largest absolute Gasteiger partial charge is 0.398 e. The van der Waals surface area contributed by atoms with Gasteiger partial charge in [0.15, 0.2) is 0 Å². The fourth-order valence-electron chi connectivity index (χ4n) is 2.61. The molecular weight excluding hydrogens is 260 g/mol. The Morgan fingerprint density at radius 3 is 2.53 bits per heavy atom. The number of nitrogens with one attached hydrogen (secondary N) is 1. The second-order valence-corrected chi connectivity index (χ2v) is 5.77. The van der Waals surface area contributed by atoms with Crippen LogP contribution in [-0.4, -0.2) is 5.91 Å².